The predicted molar refractivity (Wildman–Crippen MR) is 74.6 cm³/mol. The van der Waals surface area contributed by atoms with E-state index < -0.39 is 0 Å². The molecule has 0 unspecified atom stereocenters. The fourth-order valence-electron chi connectivity index (χ4n) is 2.04. The molecule has 0 aliphatic heterocycles. The molecule has 0 aliphatic rings. The lowest BCUT2D eigenvalue weighted by Gasteiger charge is -2.06. The van der Waals surface area contributed by atoms with Crippen LogP contribution in [0.1, 0.15) is 35.0 Å². The zero-order valence-electron chi connectivity index (χ0n) is 11.4. The van der Waals surface area contributed by atoms with E-state index in [9.17, 15) is 9.90 Å². The van der Waals surface area contributed by atoms with Crippen molar-refractivity contribution in [2.75, 3.05) is 0 Å². The quantitative estimate of drug-likeness (QED) is 0.887. The van der Waals surface area contributed by atoms with Crippen molar-refractivity contribution < 1.29 is 5.11 Å². The van der Waals surface area contributed by atoms with Crippen LogP contribution in [0.25, 0.3) is 0 Å². The van der Waals surface area contributed by atoms with Crippen molar-refractivity contribution >= 4 is 0 Å². The number of hydrogen-bond donors (Lipinski definition) is 2. The summed E-state index contributed by atoms with van der Waals surface area (Å²) >= 11 is 0. The molecule has 0 saturated heterocycles. The molecule has 1 aromatic carbocycles. The van der Waals surface area contributed by atoms with E-state index in [-0.39, 0.29) is 11.4 Å². The molecule has 0 fully saturated rings. The summed E-state index contributed by atoms with van der Waals surface area (Å²) in [5.41, 5.74) is 3.58. The summed E-state index contributed by atoms with van der Waals surface area (Å²) in [6.45, 7) is 5.92. The Morgan fingerprint density at radius 2 is 2.00 bits per heavy atom. The third kappa shape index (κ3) is 2.84. The summed E-state index contributed by atoms with van der Waals surface area (Å²) < 4.78 is 0. The van der Waals surface area contributed by atoms with Gasteiger partial charge in [0.05, 0.1) is 5.56 Å². The van der Waals surface area contributed by atoms with Gasteiger partial charge in [0, 0.05) is 6.42 Å². The normalized spacial score (nSPS) is 10.7. The molecule has 0 aliphatic carbocycles. The van der Waals surface area contributed by atoms with Crippen LogP contribution in [0.2, 0.25) is 0 Å². The molecule has 0 atom stereocenters. The highest BCUT2D eigenvalue weighted by Gasteiger charge is 2.09. The van der Waals surface area contributed by atoms with Crippen LogP contribution < -0.4 is 5.56 Å². The Hall–Kier alpha value is -2.10. The van der Waals surface area contributed by atoms with Gasteiger partial charge in [-0.15, -0.1) is 0 Å². The van der Waals surface area contributed by atoms with E-state index in [2.05, 4.69) is 23.0 Å². The minimum atomic E-state index is -0.256. The van der Waals surface area contributed by atoms with Crippen molar-refractivity contribution in [3.05, 3.63) is 56.6 Å². The lowest BCUT2D eigenvalue weighted by Crippen LogP contribution is -2.16. The Morgan fingerprint density at radius 3 is 2.58 bits per heavy atom. The topological polar surface area (TPSA) is 66.0 Å². The number of rotatable bonds is 3. The fourth-order valence-corrected chi connectivity index (χ4v) is 2.04. The molecule has 2 N–H and O–H groups in total. The molecular weight excluding hydrogens is 240 g/mol. The summed E-state index contributed by atoms with van der Waals surface area (Å²) in [7, 11) is 0. The minimum absolute atomic E-state index is 0.162. The molecule has 0 radical (unpaired) electrons. The predicted octanol–water partition coefficient (Wildman–Crippen LogP) is 2.25. The van der Waals surface area contributed by atoms with E-state index in [4.69, 9.17) is 0 Å². The van der Waals surface area contributed by atoms with Crippen molar-refractivity contribution in [3.8, 4) is 5.88 Å². The van der Waals surface area contributed by atoms with Gasteiger partial charge in [0.25, 0.3) is 5.56 Å². The lowest BCUT2D eigenvalue weighted by molar-refractivity contribution is 0.440. The van der Waals surface area contributed by atoms with Crippen molar-refractivity contribution in [1.82, 2.24) is 9.97 Å². The average Bonchev–Trinajstić information content (AvgIpc) is 2.33. The minimum Gasteiger partial charge on any atom is -0.493 e. The first-order valence-corrected chi connectivity index (χ1v) is 6.38. The van der Waals surface area contributed by atoms with Gasteiger partial charge in [-0.05, 0) is 37.0 Å². The van der Waals surface area contributed by atoms with E-state index in [1.807, 2.05) is 26.0 Å². The molecule has 0 spiro atoms. The zero-order chi connectivity index (χ0) is 14.0. The largest absolute Gasteiger partial charge is 0.493 e. The number of nitrogens with zero attached hydrogens (tertiary/aromatic N) is 1. The smallest absolute Gasteiger partial charge is 0.257 e. The third-order valence-corrected chi connectivity index (χ3v) is 3.34. The van der Waals surface area contributed by atoms with Gasteiger partial charge in [-0.2, -0.15) is 4.98 Å². The molecular formula is C15H18N2O2. The van der Waals surface area contributed by atoms with Gasteiger partial charge in [0.1, 0.15) is 5.82 Å². The molecule has 0 bridgehead atoms. The molecule has 19 heavy (non-hydrogen) atoms. The maximum Gasteiger partial charge on any atom is 0.257 e. The van der Waals surface area contributed by atoms with E-state index in [1.54, 1.807) is 0 Å². The average molecular weight is 258 g/mol. The molecule has 4 nitrogen and oxygen atoms in total. The van der Waals surface area contributed by atoms with Gasteiger partial charge >= 0.3 is 0 Å². The van der Waals surface area contributed by atoms with E-state index in [1.165, 1.54) is 11.1 Å². The van der Waals surface area contributed by atoms with Crippen LogP contribution >= 0.6 is 0 Å². The van der Waals surface area contributed by atoms with E-state index >= 15 is 0 Å². The molecule has 0 amide bonds. The van der Waals surface area contributed by atoms with E-state index in [0.29, 0.717) is 24.2 Å². The third-order valence-electron chi connectivity index (χ3n) is 3.34. The second kappa shape index (κ2) is 5.26. The number of hydrogen-bond acceptors (Lipinski definition) is 3. The van der Waals surface area contributed by atoms with Gasteiger partial charge in [-0.25, -0.2) is 0 Å². The Kier molecular flexibility index (Phi) is 3.69. The van der Waals surface area contributed by atoms with Gasteiger partial charge in [-0.3, -0.25) is 4.79 Å². The number of nitrogens with one attached hydrogen (secondary N) is 1. The monoisotopic (exact) mass is 258 g/mol. The second-order valence-corrected chi connectivity index (χ2v) is 4.76. The zero-order valence-corrected chi connectivity index (χ0v) is 11.4. The van der Waals surface area contributed by atoms with Gasteiger partial charge in [0.15, 0.2) is 0 Å². The summed E-state index contributed by atoms with van der Waals surface area (Å²) in [6, 6.07) is 6.12. The number of H-pyrrole nitrogens is 1. The molecule has 100 valence electrons. The summed E-state index contributed by atoms with van der Waals surface area (Å²) in [4.78, 5) is 18.5. The highest BCUT2D eigenvalue weighted by Crippen LogP contribution is 2.14. The summed E-state index contributed by atoms with van der Waals surface area (Å²) in [6.07, 6.45) is 0.978. The first-order valence-electron chi connectivity index (χ1n) is 6.38. The van der Waals surface area contributed by atoms with Crippen LogP contribution in [-0.2, 0) is 12.8 Å². The molecule has 2 aromatic rings. The van der Waals surface area contributed by atoms with Crippen LogP contribution in [0.3, 0.4) is 0 Å². The highest BCUT2D eigenvalue weighted by molar-refractivity contribution is 5.32. The SMILES string of the molecule is CCc1c(O)nc(Cc2ccc(C)c(C)c2)[nH]c1=O. The van der Waals surface area contributed by atoms with Crippen LogP contribution in [0.5, 0.6) is 5.88 Å². The first-order chi connectivity index (χ1) is 9.01. The van der Waals surface area contributed by atoms with Crippen molar-refractivity contribution in [2.24, 2.45) is 0 Å². The maximum absolute atomic E-state index is 11.7. The number of benzene rings is 1. The highest BCUT2D eigenvalue weighted by atomic mass is 16.3. The van der Waals surface area contributed by atoms with Crippen molar-refractivity contribution in [3.63, 3.8) is 0 Å². The van der Waals surface area contributed by atoms with Crippen LogP contribution in [0, 0.1) is 13.8 Å². The number of aromatic amines is 1. The van der Waals surface area contributed by atoms with Crippen LogP contribution in [-0.4, -0.2) is 15.1 Å². The van der Waals surface area contributed by atoms with Gasteiger partial charge in [0.2, 0.25) is 5.88 Å². The van der Waals surface area contributed by atoms with Gasteiger partial charge < -0.3 is 10.1 Å². The number of aryl methyl sites for hydroxylation is 2. The number of aromatic hydroxyl groups is 1. The fraction of sp³-hybridized carbons (Fsp3) is 0.333. The molecule has 2 rings (SSSR count). The van der Waals surface area contributed by atoms with Crippen LogP contribution in [0.15, 0.2) is 23.0 Å². The molecule has 1 aromatic heterocycles. The molecule has 4 heteroatoms. The Morgan fingerprint density at radius 1 is 1.26 bits per heavy atom. The van der Waals surface area contributed by atoms with Gasteiger partial charge in [-0.1, -0.05) is 25.1 Å². The lowest BCUT2D eigenvalue weighted by atomic mass is 10.0. The van der Waals surface area contributed by atoms with Crippen molar-refractivity contribution in [2.45, 2.75) is 33.6 Å². The van der Waals surface area contributed by atoms with Crippen LogP contribution in [0.4, 0.5) is 0 Å². The standard InChI is InChI=1S/C15H18N2O2/c1-4-12-14(18)16-13(17-15(12)19)8-11-6-5-9(2)10(3)7-11/h5-7H,4,8H2,1-3H3,(H2,16,17,18,19). The number of aromatic nitrogens is 2. The Balaban J connectivity index is 2.33. The maximum atomic E-state index is 11.7. The van der Waals surface area contributed by atoms with E-state index in [0.717, 1.165) is 5.56 Å². The molecule has 1 heterocycles. The van der Waals surface area contributed by atoms with Crippen molar-refractivity contribution in [1.29, 1.82) is 0 Å². The summed E-state index contributed by atoms with van der Waals surface area (Å²) in [5.74, 6) is 0.327. The second-order valence-electron chi connectivity index (χ2n) is 4.76. The Labute approximate surface area is 112 Å². The first kappa shape index (κ1) is 13.3. The Bertz CT molecular complexity index is 660. The molecule has 0 saturated carbocycles. The summed E-state index contributed by atoms with van der Waals surface area (Å²) in [5, 5.41) is 9.72.